The number of hydrogen-bond acceptors (Lipinski definition) is 2. The van der Waals surface area contributed by atoms with Crippen molar-refractivity contribution < 1.29 is 8.42 Å². The molecule has 0 heterocycles. The molecule has 2 rings (SSSR count). The van der Waals surface area contributed by atoms with Crippen LogP contribution in [0.5, 0.6) is 0 Å². The number of nitrogens with one attached hydrogen (secondary N) is 1. The molecular formula is C14H21NO2S. The van der Waals surface area contributed by atoms with Crippen molar-refractivity contribution in [3.63, 3.8) is 0 Å². The summed E-state index contributed by atoms with van der Waals surface area (Å²) in [4.78, 5) is 0. The zero-order valence-electron chi connectivity index (χ0n) is 10.9. The maximum Gasteiger partial charge on any atom is 0.211 e. The lowest BCUT2D eigenvalue weighted by molar-refractivity contribution is 0.578. The van der Waals surface area contributed by atoms with Gasteiger partial charge >= 0.3 is 0 Å². The van der Waals surface area contributed by atoms with Crippen molar-refractivity contribution >= 4 is 10.0 Å². The first-order valence-electron chi connectivity index (χ1n) is 6.69. The van der Waals surface area contributed by atoms with Crippen molar-refractivity contribution in [3.8, 4) is 0 Å². The van der Waals surface area contributed by atoms with Crippen LogP contribution in [-0.2, 0) is 29.4 Å². The topological polar surface area (TPSA) is 46.2 Å². The van der Waals surface area contributed by atoms with Crippen molar-refractivity contribution in [3.05, 3.63) is 34.9 Å². The first-order chi connectivity index (χ1) is 8.61. The van der Waals surface area contributed by atoms with Gasteiger partial charge in [-0.2, -0.15) is 0 Å². The molecule has 0 radical (unpaired) electrons. The molecule has 0 fully saturated rings. The third kappa shape index (κ3) is 3.56. The zero-order chi connectivity index (χ0) is 13.0. The monoisotopic (exact) mass is 267 g/mol. The predicted octanol–water partition coefficient (Wildman–Crippen LogP) is 2.39. The molecule has 0 bridgehead atoms. The molecule has 0 unspecified atom stereocenters. The first-order valence-corrected chi connectivity index (χ1v) is 8.34. The van der Waals surface area contributed by atoms with E-state index in [0.29, 0.717) is 6.54 Å². The number of benzene rings is 1. The number of sulfonamides is 1. The van der Waals surface area contributed by atoms with Gasteiger partial charge in [0.15, 0.2) is 0 Å². The van der Waals surface area contributed by atoms with Crippen LogP contribution in [0.4, 0.5) is 0 Å². The molecule has 0 spiro atoms. The summed E-state index contributed by atoms with van der Waals surface area (Å²) < 4.78 is 26.0. The molecule has 3 nitrogen and oxygen atoms in total. The van der Waals surface area contributed by atoms with Gasteiger partial charge in [-0.25, -0.2) is 13.1 Å². The molecule has 100 valence electrons. The van der Waals surface area contributed by atoms with Crippen molar-refractivity contribution in [2.24, 2.45) is 0 Å². The van der Waals surface area contributed by atoms with Crippen LogP contribution in [0.25, 0.3) is 0 Å². The largest absolute Gasteiger partial charge is 0.212 e. The van der Waals surface area contributed by atoms with Gasteiger partial charge in [-0.05, 0) is 42.4 Å². The normalized spacial score (nSPS) is 14.7. The quantitative estimate of drug-likeness (QED) is 0.860. The Kier molecular flexibility index (Phi) is 4.40. The van der Waals surface area contributed by atoms with E-state index in [1.54, 1.807) is 0 Å². The van der Waals surface area contributed by atoms with Crippen LogP contribution >= 0.6 is 0 Å². The minimum atomic E-state index is -3.11. The minimum Gasteiger partial charge on any atom is -0.212 e. The van der Waals surface area contributed by atoms with Crippen LogP contribution < -0.4 is 4.72 Å². The molecule has 18 heavy (non-hydrogen) atoms. The maximum absolute atomic E-state index is 11.7. The Bertz CT molecular complexity index is 509. The lowest BCUT2D eigenvalue weighted by Crippen LogP contribution is -2.25. The van der Waals surface area contributed by atoms with E-state index in [1.807, 2.05) is 13.0 Å². The van der Waals surface area contributed by atoms with Crippen molar-refractivity contribution in [2.45, 2.75) is 45.6 Å². The second-order valence-electron chi connectivity index (χ2n) is 4.95. The standard InChI is InChI=1S/C14H21NO2S/c1-2-3-9-18(16,17)15-11-12-7-8-13-5-4-6-14(13)10-12/h7-8,10,15H,2-6,9,11H2,1H3. The molecule has 0 saturated carbocycles. The summed E-state index contributed by atoms with van der Waals surface area (Å²) in [6.07, 6.45) is 5.14. The highest BCUT2D eigenvalue weighted by molar-refractivity contribution is 7.89. The molecular weight excluding hydrogens is 246 g/mol. The summed E-state index contributed by atoms with van der Waals surface area (Å²) in [6.45, 7) is 2.41. The van der Waals surface area contributed by atoms with E-state index in [-0.39, 0.29) is 5.75 Å². The summed E-state index contributed by atoms with van der Waals surface area (Å²) in [5, 5.41) is 0. The van der Waals surface area contributed by atoms with Gasteiger partial charge < -0.3 is 0 Å². The highest BCUT2D eigenvalue weighted by Gasteiger charge is 2.12. The van der Waals surface area contributed by atoms with E-state index in [1.165, 1.54) is 17.5 Å². The fourth-order valence-corrected chi connectivity index (χ4v) is 3.53. The molecule has 1 aliphatic rings. The Morgan fingerprint density at radius 3 is 2.78 bits per heavy atom. The van der Waals surface area contributed by atoms with Gasteiger partial charge in [0.05, 0.1) is 5.75 Å². The summed E-state index contributed by atoms with van der Waals surface area (Å²) in [5.74, 6) is 0.231. The Labute approximate surface area is 110 Å². The maximum atomic E-state index is 11.7. The van der Waals surface area contributed by atoms with Crippen LogP contribution in [-0.4, -0.2) is 14.2 Å². The van der Waals surface area contributed by atoms with Crippen LogP contribution in [0.1, 0.15) is 42.9 Å². The summed E-state index contributed by atoms with van der Waals surface area (Å²) in [6, 6.07) is 6.31. The van der Waals surface area contributed by atoms with E-state index in [4.69, 9.17) is 0 Å². The molecule has 0 aliphatic heterocycles. The molecule has 0 amide bonds. The number of unbranched alkanes of at least 4 members (excludes halogenated alkanes) is 1. The van der Waals surface area contributed by atoms with E-state index < -0.39 is 10.0 Å². The van der Waals surface area contributed by atoms with Gasteiger partial charge in [0, 0.05) is 6.54 Å². The average Bonchev–Trinajstić information content (AvgIpc) is 2.81. The molecule has 0 saturated heterocycles. The second kappa shape index (κ2) is 5.85. The van der Waals surface area contributed by atoms with Crippen molar-refractivity contribution in [2.75, 3.05) is 5.75 Å². The van der Waals surface area contributed by atoms with Crippen LogP contribution in [0.3, 0.4) is 0 Å². The van der Waals surface area contributed by atoms with Gasteiger partial charge in [-0.3, -0.25) is 0 Å². The highest BCUT2D eigenvalue weighted by atomic mass is 32.2. The van der Waals surface area contributed by atoms with Gasteiger partial charge in [0.1, 0.15) is 0 Å². The summed E-state index contributed by atoms with van der Waals surface area (Å²) >= 11 is 0. The van der Waals surface area contributed by atoms with Crippen LogP contribution in [0.15, 0.2) is 18.2 Å². The number of rotatable bonds is 6. The van der Waals surface area contributed by atoms with E-state index in [9.17, 15) is 8.42 Å². The molecule has 1 aromatic carbocycles. The van der Waals surface area contributed by atoms with E-state index in [0.717, 1.165) is 31.2 Å². The van der Waals surface area contributed by atoms with Gasteiger partial charge in [-0.15, -0.1) is 0 Å². The highest BCUT2D eigenvalue weighted by Crippen LogP contribution is 2.22. The molecule has 0 atom stereocenters. The van der Waals surface area contributed by atoms with Crippen LogP contribution in [0.2, 0.25) is 0 Å². The molecule has 1 aliphatic carbocycles. The van der Waals surface area contributed by atoms with Gasteiger partial charge in [0.25, 0.3) is 0 Å². The first kappa shape index (κ1) is 13.6. The van der Waals surface area contributed by atoms with E-state index >= 15 is 0 Å². The third-order valence-electron chi connectivity index (χ3n) is 3.43. The predicted molar refractivity (Wildman–Crippen MR) is 74.0 cm³/mol. The molecule has 1 N–H and O–H groups in total. The molecule has 4 heteroatoms. The lowest BCUT2D eigenvalue weighted by Gasteiger charge is -2.08. The summed E-state index contributed by atoms with van der Waals surface area (Å²) in [7, 11) is -3.11. The fraction of sp³-hybridized carbons (Fsp3) is 0.571. The third-order valence-corrected chi connectivity index (χ3v) is 4.84. The van der Waals surface area contributed by atoms with Crippen LogP contribution in [0, 0.1) is 0 Å². The Hall–Kier alpha value is -0.870. The van der Waals surface area contributed by atoms with Gasteiger partial charge in [-0.1, -0.05) is 31.5 Å². The van der Waals surface area contributed by atoms with Crippen molar-refractivity contribution in [1.82, 2.24) is 4.72 Å². The Balaban J connectivity index is 1.94. The second-order valence-corrected chi connectivity index (χ2v) is 6.88. The Morgan fingerprint density at radius 2 is 2.00 bits per heavy atom. The number of aryl methyl sites for hydroxylation is 2. The van der Waals surface area contributed by atoms with Gasteiger partial charge in [0.2, 0.25) is 10.0 Å². The zero-order valence-corrected chi connectivity index (χ0v) is 11.7. The molecule has 0 aromatic heterocycles. The SMILES string of the molecule is CCCCS(=O)(=O)NCc1ccc2c(c1)CCC2. The fourth-order valence-electron chi connectivity index (χ4n) is 2.33. The minimum absolute atomic E-state index is 0.231. The average molecular weight is 267 g/mol. The smallest absolute Gasteiger partial charge is 0.211 e. The lowest BCUT2D eigenvalue weighted by atomic mass is 10.1. The molecule has 1 aromatic rings. The number of fused-ring (bicyclic) bond motifs is 1. The summed E-state index contributed by atoms with van der Waals surface area (Å²) in [5.41, 5.74) is 3.88. The Morgan fingerprint density at radius 1 is 1.22 bits per heavy atom. The van der Waals surface area contributed by atoms with E-state index in [2.05, 4.69) is 16.9 Å². The number of hydrogen-bond donors (Lipinski definition) is 1. The van der Waals surface area contributed by atoms with Crippen molar-refractivity contribution in [1.29, 1.82) is 0 Å².